The molecule has 5 rings (SSSR count). The molecule has 1 atom stereocenters. The van der Waals surface area contributed by atoms with E-state index in [0.717, 1.165) is 23.2 Å². The zero-order valence-corrected chi connectivity index (χ0v) is 22.0. The van der Waals surface area contributed by atoms with E-state index < -0.39 is 6.04 Å². The van der Waals surface area contributed by atoms with Gasteiger partial charge in [0.25, 0.3) is 0 Å². The van der Waals surface area contributed by atoms with E-state index in [-0.39, 0.29) is 11.2 Å². The number of allylic oxidation sites excluding steroid dienone is 2. The minimum Gasteiger partial charge on any atom is -0.493 e. The van der Waals surface area contributed by atoms with Gasteiger partial charge in [-0.2, -0.15) is 4.98 Å². The average molecular weight is 505 g/mol. The molecule has 9 nitrogen and oxygen atoms in total. The third kappa shape index (κ3) is 4.39. The molecule has 1 aromatic heterocycles. The minimum absolute atomic E-state index is 0.102. The fourth-order valence-electron chi connectivity index (χ4n) is 5.14. The van der Waals surface area contributed by atoms with Crippen LogP contribution in [0.25, 0.3) is 11.4 Å². The number of ether oxygens (including phenoxy) is 4. The highest BCUT2D eigenvalue weighted by molar-refractivity contribution is 6.00. The van der Waals surface area contributed by atoms with Crippen molar-refractivity contribution in [1.29, 1.82) is 0 Å². The lowest BCUT2D eigenvalue weighted by Gasteiger charge is -2.38. The van der Waals surface area contributed by atoms with Crippen molar-refractivity contribution in [3.63, 3.8) is 0 Å². The average Bonchev–Trinajstić information content (AvgIpc) is 3.30. The summed E-state index contributed by atoms with van der Waals surface area (Å²) in [6.07, 6.45) is 1.20. The second-order valence-electron chi connectivity index (χ2n) is 9.98. The summed E-state index contributed by atoms with van der Waals surface area (Å²) in [5.41, 5.74) is 3.08. The molecule has 0 saturated heterocycles. The van der Waals surface area contributed by atoms with Crippen LogP contribution in [0.3, 0.4) is 0 Å². The Morgan fingerprint density at radius 3 is 2.38 bits per heavy atom. The Morgan fingerprint density at radius 1 is 0.973 bits per heavy atom. The molecule has 2 aliphatic rings. The summed E-state index contributed by atoms with van der Waals surface area (Å²) in [5.74, 6) is 3.65. The molecular formula is C28H32N4O5. The van der Waals surface area contributed by atoms with E-state index in [1.807, 2.05) is 43.3 Å². The molecule has 0 amide bonds. The van der Waals surface area contributed by atoms with E-state index in [1.54, 1.807) is 26.0 Å². The van der Waals surface area contributed by atoms with E-state index in [9.17, 15) is 4.79 Å². The van der Waals surface area contributed by atoms with E-state index in [4.69, 9.17) is 29.0 Å². The van der Waals surface area contributed by atoms with E-state index in [0.29, 0.717) is 53.4 Å². The van der Waals surface area contributed by atoms with Crippen LogP contribution < -0.4 is 24.3 Å². The molecule has 0 fully saturated rings. The largest absolute Gasteiger partial charge is 0.493 e. The first kappa shape index (κ1) is 24.7. The Labute approximate surface area is 216 Å². The SMILES string of the molecule is CCOc1ccc(C2C3=C(CC(C)(C)CC3=O)Nc3nc(-c4ccc(OC)c(OC)c4)nn32)cc1OC. The van der Waals surface area contributed by atoms with Crippen molar-refractivity contribution in [3.8, 4) is 34.4 Å². The van der Waals surface area contributed by atoms with Crippen molar-refractivity contribution in [3.05, 3.63) is 53.2 Å². The molecule has 9 heteroatoms. The number of carbonyl (C=O) groups excluding carboxylic acids is 1. The Kier molecular flexibility index (Phi) is 6.31. The lowest BCUT2D eigenvalue weighted by Crippen LogP contribution is -2.36. The lowest BCUT2D eigenvalue weighted by molar-refractivity contribution is -0.118. The van der Waals surface area contributed by atoms with Crippen molar-refractivity contribution >= 4 is 11.7 Å². The maximum absolute atomic E-state index is 13.5. The predicted octanol–water partition coefficient (Wildman–Crippen LogP) is 5.03. The van der Waals surface area contributed by atoms with Gasteiger partial charge < -0.3 is 24.3 Å². The van der Waals surface area contributed by atoms with Crippen LogP contribution in [0.2, 0.25) is 0 Å². The summed E-state index contributed by atoms with van der Waals surface area (Å²) >= 11 is 0. The Balaban J connectivity index is 1.66. The number of rotatable bonds is 7. The van der Waals surface area contributed by atoms with Gasteiger partial charge in [0.2, 0.25) is 5.95 Å². The smallest absolute Gasteiger partial charge is 0.226 e. The maximum atomic E-state index is 13.5. The van der Waals surface area contributed by atoms with Crippen LogP contribution in [0.15, 0.2) is 47.7 Å². The van der Waals surface area contributed by atoms with Crippen LogP contribution in [-0.4, -0.2) is 48.5 Å². The van der Waals surface area contributed by atoms with Crippen LogP contribution in [0, 0.1) is 5.41 Å². The maximum Gasteiger partial charge on any atom is 0.226 e. The molecule has 1 aliphatic heterocycles. The minimum atomic E-state index is -0.458. The number of hydrogen-bond donors (Lipinski definition) is 1. The normalized spacial score (nSPS) is 18.0. The highest BCUT2D eigenvalue weighted by Gasteiger charge is 2.42. The van der Waals surface area contributed by atoms with Crippen molar-refractivity contribution in [1.82, 2.24) is 14.8 Å². The lowest BCUT2D eigenvalue weighted by atomic mass is 9.73. The Bertz CT molecular complexity index is 1390. The third-order valence-corrected chi connectivity index (χ3v) is 6.78. The van der Waals surface area contributed by atoms with Crippen molar-refractivity contribution in [2.45, 2.75) is 39.7 Å². The standard InChI is InChI=1S/C28H32N4O5/c1-7-37-21-11-8-16(12-23(21)36-6)25-24-18(14-28(2,3)15-19(24)33)29-27-30-26(31-32(25)27)17-9-10-20(34-4)22(13-17)35-5/h8-13,25H,7,14-15H2,1-6H3,(H,29,30,31). The van der Waals surface area contributed by atoms with Gasteiger partial charge in [-0.25, -0.2) is 4.68 Å². The summed E-state index contributed by atoms with van der Waals surface area (Å²) in [7, 11) is 4.80. The first-order chi connectivity index (χ1) is 17.8. The molecule has 1 N–H and O–H groups in total. The molecule has 0 bridgehead atoms. The number of fused-ring (bicyclic) bond motifs is 1. The number of aromatic nitrogens is 3. The monoisotopic (exact) mass is 504 g/mol. The quantitative estimate of drug-likeness (QED) is 0.479. The van der Waals surface area contributed by atoms with E-state index >= 15 is 0 Å². The molecule has 0 radical (unpaired) electrons. The summed E-state index contributed by atoms with van der Waals surface area (Å²) < 4.78 is 24.0. The van der Waals surface area contributed by atoms with Gasteiger partial charge in [0.05, 0.1) is 27.9 Å². The van der Waals surface area contributed by atoms with Gasteiger partial charge in [-0.3, -0.25) is 4.79 Å². The molecule has 194 valence electrons. The Morgan fingerprint density at radius 2 is 1.68 bits per heavy atom. The van der Waals surface area contributed by atoms with Gasteiger partial charge in [0, 0.05) is 23.3 Å². The molecule has 0 spiro atoms. The highest BCUT2D eigenvalue weighted by Crippen LogP contribution is 2.47. The molecule has 2 aromatic carbocycles. The van der Waals surface area contributed by atoms with Gasteiger partial charge in [-0.05, 0) is 54.7 Å². The van der Waals surface area contributed by atoms with Crippen LogP contribution >= 0.6 is 0 Å². The van der Waals surface area contributed by atoms with Crippen LogP contribution in [0.4, 0.5) is 5.95 Å². The zero-order chi connectivity index (χ0) is 26.3. The number of anilines is 1. The Hall–Kier alpha value is -4.01. The highest BCUT2D eigenvalue weighted by atomic mass is 16.5. The van der Waals surface area contributed by atoms with Crippen LogP contribution in [0.1, 0.15) is 45.2 Å². The van der Waals surface area contributed by atoms with Crippen molar-refractivity contribution < 1.29 is 23.7 Å². The molecule has 1 aliphatic carbocycles. The molecule has 1 unspecified atom stereocenters. The summed E-state index contributed by atoms with van der Waals surface area (Å²) in [4.78, 5) is 18.4. The predicted molar refractivity (Wildman–Crippen MR) is 140 cm³/mol. The first-order valence-corrected chi connectivity index (χ1v) is 12.3. The number of Topliss-reactive ketones (excluding diaryl/α,β-unsaturated/α-hetero) is 1. The summed E-state index contributed by atoms with van der Waals surface area (Å²) in [5, 5.41) is 8.30. The molecule has 37 heavy (non-hydrogen) atoms. The second kappa shape index (κ2) is 9.46. The van der Waals surface area contributed by atoms with Gasteiger partial charge in [0.15, 0.2) is 34.6 Å². The number of nitrogens with one attached hydrogen (secondary N) is 1. The summed E-state index contributed by atoms with van der Waals surface area (Å²) in [6.45, 7) is 6.67. The number of nitrogens with zero attached hydrogens (tertiary/aromatic N) is 3. The third-order valence-electron chi connectivity index (χ3n) is 6.78. The molecular weight excluding hydrogens is 472 g/mol. The van der Waals surface area contributed by atoms with E-state index in [2.05, 4.69) is 19.2 Å². The van der Waals surface area contributed by atoms with Crippen LogP contribution in [0.5, 0.6) is 23.0 Å². The molecule has 3 aromatic rings. The van der Waals surface area contributed by atoms with Gasteiger partial charge >= 0.3 is 0 Å². The molecule has 0 saturated carbocycles. The fourth-order valence-corrected chi connectivity index (χ4v) is 5.14. The summed E-state index contributed by atoms with van der Waals surface area (Å²) in [6, 6.07) is 10.9. The number of hydrogen-bond acceptors (Lipinski definition) is 8. The fraction of sp³-hybridized carbons (Fsp3) is 0.393. The number of benzene rings is 2. The van der Waals surface area contributed by atoms with Crippen LogP contribution in [-0.2, 0) is 4.79 Å². The van der Waals surface area contributed by atoms with Gasteiger partial charge in [0.1, 0.15) is 6.04 Å². The topological polar surface area (TPSA) is 96.7 Å². The number of ketones is 1. The van der Waals surface area contributed by atoms with Gasteiger partial charge in [-0.1, -0.05) is 19.9 Å². The first-order valence-electron chi connectivity index (χ1n) is 12.3. The van der Waals surface area contributed by atoms with Gasteiger partial charge in [-0.15, -0.1) is 5.10 Å². The van der Waals surface area contributed by atoms with Crippen molar-refractivity contribution in [2.24, 2.45) is 5.41 Å². The van der Waals surface area contributed by atoms with Crippen molar-refractivity contribution in [2.75, 3.05) is 33.3 Å². The number of methoxy groups -OCH3 is 3. The second-order valence-corrected chi connectivity index (χ2v) is 9.98. The zero-order valence-electron chi connectivity index (χ0n) is 22.0. The van der Waals surface area contributed by atoms with E-state index in [1.165, 1.54) is 0 Å². The number of carbonyl (C=O) groups is 1. The molecule has 2 heterocycles.